The number of carbonyl (C=O) groups is 1. The van der Waals surface area contributed by atoms with Gasteiger partial charge in [-0.15, -0.1) is 0 Å². The van der Waals surface area contributed by atoms with Crippen LogP contribution in [0, 0.1) is 0 Å². The average molecular weight is 299 g/mol. The van der Waals surface area contributed by atoms with Crippen LogP contribution in [0.15, 0.2) is 28.7 Å². The van der Waals surface area contributed by atoms with E-state index in [1.54, 1.807) is 0 Å². The van der Waals surface area contributed by atoms with Crippen molar-refractivity contribution < 1.29 is 4.79 Å². The first kappa shape index (κ1) is 14.2. The van der Waals surface area contributed by atoms with Crippen molar-refractivity contribution in [2.24, 2.45) is 5.73 Å². The molecule has 17 heavy (non-hydrogen) atoms. The summed E-state index contributed by atoms with van der Waals surface area (Å²) in [6.07, 6.45) is 2.30. The Morgan fingerprint density at radius 1 is 1.41 bits per heavy atom. The summed E-state index contributed by atoms with van der Waals surface area (Å²) in [6, 6.07) is 8.10. The minimum atomic E-state index is 0.0913. The molecule has 0 aliphatic heterocycles. The molecular formula is C13H19BrN2O. The molecule has 0 fully saturated rings. The van der Waals surface area contributed by atoms with E-state index in [-0.39, 0.29) is 11.9 Å². The zero-order valence-corrected chi connectivity index (χ0v) is 11.7. The monoisotopic (exact) mass is 298 g/mol. The molecule has 0 spiro atoms. The molecule has 1 rings (SSSR count). The third-order valence-electron chi connectivity index (χ3n) is 2.47. The van der Waals surface area contributed by atoms with Crippen molar-refractivity contribution in [2.75, 3.05) is 0 Å². The Bertz CT molecular complexity index is 349. The fourth-order valence-corrected chi connectivity index (χ4v) is 1.74. The molecule has 1 aromatic rings. The van der Waals surface area contributed by atoms with E-state index >= 15 is 0 Å². The number of hydrogen-bond acceptors (Lipinski definition) is 2. The molecule has 0 saturated carbocycles. The topological polar surface area (TPSA) is 55.1 Å². The largest absolute Gasteiger partial charge is 0.352 e. The molecule has 0 aliphatic carbocycles. The molecule has 1 unspecified atom stereocenters. The predicted octanol–water partition coefficient (Wildman–Crippen LogP) is 2.58. The highest BCUT2D eigenvalue weighted by molar-refractivity contribution is 9.10. The van der Waals surface area contributed by atoms with Gasteiger partial charge in [-0.05, 0) is 37.5 Å². The predicted molar refractivity (Wildman–Crippen MR) is 73.5 cm³/mol. The summed E-state index contributed by atoms with van der Waals surface area (Å²) < 4.78 is 1.05. The average Bonchev–Trinajstić information content (AvgIpc) is 2.28. The van der Waals surface area contributed by atoms with Crippen LogP contribution in [0.1, 0.15) is 31.7 Å². The van der Waals surface area contributed by atoms with Gasteiger partial charge in [0.1, 0.15) is 0 Å². The van der Waals surface area contributed by atoms with Crippen molar-refractivity contribution in [1.29, 1.82) is 0 Å². The first-order chi connectivity index (χ1) is 8.08. The number of hydrogen-bond donors (Lipinski definition) is 2. The van der Waals surface area contributed by atoms with Crippen LogP contribution in [0.5, 0.6) is 0 Å². The highest BCUT2D eigenvalue weighted by Gasteiger charge is 2.02. The third kappa shape index (κ3) is 6.44. The lowest BCUT2D eigenvalue weighted by Crippen LogP contribution is -2.23. The molecule has 0 saturated heterocycles. The quantitative estimate of drug-likeness (QED) is 0.848. The summed E-state index contributed by atoms with van der Waals surface area (Å²) >= 11 is 3.37. The Hall–Kier alpha value is -0.870. The number of amides is 1. The lowest BCUT2D eigenvalue weighted by molar-refractivity contribution is -0.121. The van der Waals surface area contributed by atoms with E-state index in [2.05, 4.69) is 21.2 Å². The molecule has 0 radical (unpaired) electrons. The summed E-state index contributed by atoms with van der Waals surface area (Å²) in [5.41, 5.74) is 6.73. The van der Waals surface area contributed by atoms with Gasteiger partial charge in [-0.25, -0.2) is 0 Å². The second-order valence-corrected chi connectivity index (χ2v) is 5.19. The van der Waals surface area contributed by atoms with E-state index < -0.39 is 0 Å². The van der Waals surface area contributed by atoms with Crippen LogP contribution in [0.4, 0.5) is 0 Å². The Labute approximate surface area is 111 Å². The molecule has 94 valence electrons. The maximum atomic E-state index is 11.5. The molecule has 0 bridgehead atoms. The summed E-state index contributed by atoms with van der Waals surface area (Å²) in [6.45, 7) is 2.55. The van der Waals surface area contributed by atoms with E-state index in [0.29, 0.717) is 13.0 Å². The van der Waals surface area contributed by atoms with Gasteiger partial charge in [0, 0.05) is 23.5 Å². The standard InChI is InChI=1S/C13H19BrN2O/c1-10(15)3-2-4-13(17)16-9-11-5-7-12(14)8-6-11/h5-8,10H,2-4,9,15H2,1H3,(H,16,17). The van der Waals surface area contributed by atoms with Crippen LogP contribution in [0.2, 0.25) is 0 Å². The maximum Gasteiger partial charge on any atom is 0.220 e. The third-order valence-corrected chi connectivity index (χ3v) is 2.99. The number of halogens is 1. The summed E-state index contributed by atoms with van der Waals surface area (Å²) in [5, 5.41) is 2.90. The fourth-order valence-electron chi connectivity index (χ4n) is 1.48. The smallest absolute Gasteiger partial charge is 0.220 e. The highest BCUT2D eigenvalue weighted by Crippen LogP contribution is 2.10. The highest BCUT2D eigenvalue weighted by atomic mass is 79.9. The number of nitrogens with two attached hydrogens (primary N) is 1. The van der Waals surface area contributed by atoms with Gasteiger partial charge in [0.15, 0.2) is 0 Å². The van der Waals surface area contributed by atoms with Crippen molar-refractivity contribution >= 4 is 21.8 Å². The SMILES string of the molecule is CC(N)CCCC(=O)NCc1ccc(Br)cc1. The molecule has 3 N–H and O–H groups in total. The van der Waals surface area contributed by atoms with E-state index in [9.17, 15) is 4.79 Å². The molecule has 1 atom stereocenters. The van der Waals surface area contributed by atoms with Gasteiger partial charge in [0.25, 0.3) is 0 Å². The number of nitrogens with one attached hydrogen (secondary N) is 1. The zero-order valence-electron chi connectivity index (χ0n) is 10.1. The van der Waals surface area contributed by atoms with Crippen LogP contribution in [0.25, 0.3) is 0 Å². The molecule has 3 nitrogen and oxygen atoms in total. The first-order valence-corrected chi connectivity index (χ1v) is 6.64. The van der Waals surface area contributed by atoms with Crippen LogP contribution in [-0.2, 0) is 11.3 Å². The lowest BCUT2D eigenvalue weighted by atomic mass is 10.1. The molecule has 4 heteroatoms. The van der Waals surface area contributed by atoms with Crippen molar-refractivity contribution in [2.45, 2.75) is 38.8 Å². The van der Waals surface area contributed by atoms with Crippen LogP contribution in [-0.4, -0.2) is 11.9 Å². The maximum absolute atomic E-state index is 11.5. The lowest BCUT2D eigenvalue weighted by Gasteiger charge is -2.06. The van der Waals surface area contributed by atoms with Crippen LogP contribution in [0.3, 0.4) is 0 Å². The Morgan fingerprint density at radius 3 is 2.65 bits per heavy atom. The Balaban J connectivity index is 2.21. The van der Waals surface area contributed by atoms with Crippen molar-refractivity contribution in [1.82, 2.24) is 5.32 Å². The number of carbonyl (C=O) groups excluding carboxylic acids is 1. The van der Waals surface area contributed by atoms with E-state index in [1.165, 1.54) is 0 Å². The van der Waals surface area contributed by atoms with Crippen molar-refractivity contribution in [3.63, 3.8) is 0 Å². The second-order valence-electron chi connectivity index (χ2n) is 4.27. The van der Waals surface area contributed by atoms with Crippen molar-refractivity contribution in [3.05, 3.63) is 34.3 Å². The van der Waals surface area contributed by atoms with Crippen LogP contribution < -0.4 is 11.1 Å². The van der Waals surface area contributed by atoms with Gasteiger partial charge >= 0.3 is 0 Å². The van der Waals surface area contributed by atoms with E-state index in [4.69, 9.17) is 5.73 Å². The molecule has 0 aromatic heterocycles. The van der Waals surface area contributed by atoms with E-state index in [1.807, 2.05) is 31.2 Å². The van der Waals surface area contributed by atoms with Gasteiger partial charge in [-0.3, -0.25) is 4.79 Å². The van der Waals surface area contributed by atoms with Gasteiger partial charge in [-0.1, -0.05) is 28.1 Å². The minimum absolute atomic E-state index is 0.0913. The summed E-state index contributed by atoms with van der Waals surface area (Å²) in [4.78, 5) is 11.5. The number of benzene rings is 1. The van der Waals surface area contributed by atoms with Gasteiger partial charge in [0.05, 0.1) is 0 Å². The molecule has 0 aliphatic rings. The molecule has 1 aromatic carbocycles. The second kappa shape index (κ2) is 7.45. The van der Waals surface area contributed by atoms with Gasteiger partial charge < -0.3 is 11.1 Å². The first-order valence-electron chi connectivity index (χ1n) is 5.84. The molecule has 1 amide bonds. The number of rotatable bonds is 6. The molecule has 0 heterocycles. The van der Waals surface area contributed by atoms with Gasteiger partial charge in [0.2, 0.25) is 5.91 Å². The van der Waals surface area contributed by atoms with Gasteiger partial charge in [-0.2, -0.15) is 0 Å². The van der Waals surface area contributed by atoms with Crippen molar-refractivity contribution in [3.8, 4) is 0 Å². The Kier molecular flexibility index (Phi) is 6.22. The summed E-state index contributed by atoms with van der Waals surface area (Å²) in [5.74, 6) is 0.0913. The van der Waals surface area contributed by atoms with Crippen LogP contribution >= 0.6 is 15.9 Å². The molecular weight excluding hydrogens is 280 g/mol. The zero-order chi connectivity index (χ0) is 12.7. The normalized spacial score (nSPS) is 12.2. The minimum Gasteiger partial charge on any atom is -0.352 e. The van der Waals surface area contributed by atoms with E-state index in [0.717, 1.165) is 22.9 Å². The summed E-state index contributed by atoms with van der Waals surface area (Å²) in [7, 11) is 0. The fraction of sp³-hybridized carbons (Fsp3) is 0.462. The Morgan fingerprint density at radius 2 is 2.06 bits per heavy atom.